The molecule has 1 aromatic heterocycles. The van der Waals surface area contributed by atoms with Crippen LogP contribution < -0.4 is 10.1 Å². The monoisotopic (exact) mass is 287 g/mol. The third kappa shape index (κ3) is 4.76. The molecule has 0 aliphatic carbocycles. The minimum Gasteiger partial charge on any atom is -0.427 e. The van der Waals surface area contributed by atoms with Crippen molar-refractivity contribution in [3.63, 3.8) is 0 Å². The number of hydrogen-bond donors (Lipinski definition) is 1. The normalized spacial score (nSPS) is 10.2. The molecule has 6 heteroatoms. The molecule has 0 saturated carbocycles. The molecular weight excluding hydrogens is 270 g/mol. The van der Waals surface area contributed by atoms with Gasteiger partial charge < -0.3 is 10.1 Å². The SMILES string of the molecule is CC(=O)Nc1ccc(OC(=O)CCc2cnn(C)c2)cc1. The molecule has 0 saturated heterocycles. The third-order valence-electron chi connectivity index (χ3n) is 2.78. The molecule has 1 heterocycles. The van der Waals surface area contributed by atoms with Crippen LogP contribution in [0.15, 0.2) is 36.7 Å². The summed E-state index contributed by atoms with van der Waals surface area (Å²) in [4.78, 5) is 22.6. The van der Waals surface area contributed by atoms with Gasteiger partial charge in [-0.25, -0.2) is 0 Å². The number of aryl methyl sites for hydroxylation is 2. The van der Waals surface area contributed by atoms with Crippen LogP contribution >= 0.6 is 0 Å². The van der Waals surface area contributed by atoms with Crippen LogP contribution in [0.5, 0.6) is 5.75 Å². The Morgan fingerprint density at radius 2 is 2.00 bits per heavy atom. The fraction of sp³-hybridized carbons (Fsp3) is 0.267. The molecule has 6 nitrogen and oxygen atoms in total. The van der Waals surface area contributed by atoms with Crippen molar-refractivity contribution in [2.45, 2.75) is 19.8 Å². The van der Waals surface area contributed by atoms with Gasteiger partial charge >= 0.3 is 5.97 Å². The molecule has 110 valence electrons. The Balaban J connectivity index is 1.83. The lowest BCUT2D eigenvalue weighted by Gasteiger charge is -2.05. The lowest BCUT2D eigenvalue weighted by atomic mass is 10.2. The van der Waals surface area contributed by atoms with E-state index in [0.29, 0.717) is 24.3 Å². The number of carbonyl (C=O) groups is 2. The largest absolute Gasteiger partial charge is 0.427 e. The highest BCUT2D eigenvalue weighted by Gasteiger charge is 2.07. The summed E-state index contributed by atoms with van der Waals surface area (Å²) >= 11 is 0. The van der Waals surface area contributed by atoms with Crippen LogP contribution in [0, 0.1) is 0 Å². The van der Waals surface area contributed by atoms with E-state index < -0.39 is 0 Å². The van der Waals surface area contributed by atoms with Gasteiger partial charge in [0.25, 0.3) is 0 Å². The zero-order valence-corrected chi connectivity index (χ0v) is 12.0. The summed E-state index contributed by atoms with van der Waals surface area (Å²) in [6.45, 7) is 1.44. The quantitative estimate of drug-likeness (QED) is 0.673. The average molecular weight is 287 g/mol. The van der Waals surface area contributed by atoms with Gasteiger partial charge in [-0.2, -0.15) is 5.10 Å². The number of esters is 1. The standard InChI is InChI=1S/C15H17N3O3/c1-11(19)17-13-4-6-14(7-5-13)21-15(20)8-3-12-9-16-18(2)10-12/h4-7,9-10H,3,8H2,1-2H3,(H,17,19). The second-order valence-corrected chi connectivity index (χ2v) is 4.70. The van der Waals surface area contributed by atoms with Crippen LogP contribution in [0.4, 0.5) is 5.69 Å². The molecule has 0 aliphatic heterocycles. The number of hydrogen-bond acceptors (Lipinski definition) is 4. The van der Waals surface area contributed by atoms with E-state index in [-0.39, 0.29) is 11.9 Å². The number of aromatic nitrogens is 2. The fourth-order valence-corrected chi connectivity index (χ4v) is 1.84. The highest BCUT2D eigenvalue weighted by Crippen LogP contribution is 2.16. The summed E-state index contributed by atoms with van der Waals surface area (Å²) in [7, 11) is 1.83. The van der Waals surface area contributed by atoms with E-state index in [2.05, 4.69) is 10.4 Å². The maximum absolute atomic E-state index is 11.7. The summed E-state index contributed by atoms with van der Waals surface area (Å²) in [5.41, 5.74) is 1.66. The molecule has 1 aromatic carbocycles. The van der Waals surface area contributed by atoms with Crippen molar-refractivity contribution in [3.8, 4) is 5.75 Å². The van der Waals surface area contributed by atoms with E-state index >= 15 is 0 Å². The maximum atomic E-state index is 11.7. The number of ether oxygens (including phenoxy) is 1. The van der Waals surface area contributed by atoms with Gasteiger partial charge in [-0.05, 0) is 36.2 Å². The van der Waals surface area contributed by atoms with Gasteiger partial charge in [-0.1, -0.05) is 0 Å². The van der Waals surface area contributed by atoms with Gasteiger partial charge in [-0.15, -0.1) is 0 Å². The van der Waals surface area contributed by atoms with E-state index in [1.165, 1.54) is 6.92 Å². The number of amides is 1. The van der Waals surface area contributed by atoms with Gasteiger partial charge in [0, 0.05) is 25.9 Å². The van der Waals surface area contributed by atoms with Crippen LogP contribution in [-0.4, -0.2) is 21.7 Å². The Hall–Kier alpha value is -2.63. The molecule has 1 amide bonds. The zero-order valence-electron chi connectivity index (χ0n) is 12.0. The summed E-state index contributed by atoms with van der Waals surface area (Å²) in [5, 5.41) is 6.69. The lowest BCUT2D eigenvalue weighted by Crippen LogP contribution is -2.09. The molecule has 1 N–H and O–H groups in total. The topological polar surface area (TPSA) is 73.2 Å². The minimum absolute atomic E-state index is 0.142. The molecule has 0 unspecified atom stereocenters. The van der Waals surface area contributed by atoms with E-state index in [0.717, 1.165) is 5.56 Å². The Morgan fingerprint density at radius 1 is 1.29 bits per heavy atom. The van der Waals surface area contributed by atoms with Gasteiger partial charge in [-0.3, -0.25) is 14.3 Å². The van der Waals surface area contributed by atoms with Crippen LogP contribution in [-0.2, 0) is 23.1 Å². The molecule has 2 aromatic rings. The highest BCUT2D eigenvalue weighted by molar-refractivity contribution is 5.88. The first-order valence-corrected chi connectivity index (χ1v) is 6.59. The summed E-state index contributed by atoms with van der Waals surface area (Å²) in [6.07, 6.45) is 4.49. The Bertz CT molecular complexity index is 632. The molecule has 21 heavy (non-hydrogen) atoms. The Kier molecular flexibility index (Phi) is 4.71. The van der Waals surface area contributed by atoms with Crippen molar-refractivity contribution in [2.24, 2.45) is 7.05 Å². The lowest BCUT2D eigenvalue weighted by molar-refractivity contribution is -0.134. The molecular formula is C15H17N3O3. The maximum Gasteiger partial charge on any atom is 0.311 e. The number of nitrogens with zero attached hydrogens (tertiary/aromatic N) is 2. The second kappa shape index (κ2) is 6.69. The zero-order chi connectivity index (χ0) is 15.2. The molecule has 0 bridgehead atoms. The summed E-state index contributed by atoms with van der Waals surface area (Å²) < 4.78 is 6.92. The van der Waals surface area contributed by atoms with Crippen molar-refractivity contribution in [1.82, 2.24) is 9.78 Å². The first-order chi connectivity index (χ1) is 10.0. The number of carbonyl (C=O) groups excluding carboxylic acids is 2. The van der Waals surface area contributed by atoms with Crippen LogP contribution in [0.2, 0.25) is 0 Å². The number of nitrogens with one attached hydrogen (secondary N) is 1. The van der Waals surface area contributed by atoms with Gasteiger partial charge in [0.1, 0.15) is 5.75 Å². The van der Waals surface area contributed by atoms with E-state index in [4.69, 9.17) is 4.74 Å². The third-order valence-corrected chi connectivity index (χ3v) is 2.78. The van der Waals surface area contributed by atoms with E-state index in [1.807, 2.05) is 13.2 Å². The molecule has 2 rings (SSSR count). The predicted octanol–water partition coefficient (Wildman–Crippen LogP) is 1.92. The summed E-state index contributed by atoms with van der Waals surface area (Å²) in [5.74, 6) is 0.0163. The van der Waals surface area contributed by atoms with Crippen molar-refractivity contribution in [2.75, 3.05) is 5.32 Å². The van der Waals surface area contributed by atoms with Gasteiger partial charge in [0.2, 0.25) is 5.91 Å². The van der Waals surface area contributed by atoms with Crippen LogP contribution in [0.3, 0.4) is 0 Å². The molecule has 0 fully saturated rings. The first-order valence-electron chi connectivity index (χ1n) is 6.59. The van der Waals surface area contributed by atoms with Crippen molar-refractivity contribution >= 4 is 17.6 Å². The fourth-order valence-electron chi connectivity index (χ4n) is 1.84. The highest BCUT2D eigenvalue weighted by atomic mass is 16.5. The van der Waals surface area contributed by atoms with Crippen molar-refractivity contribution in [3.05, 3.63) is 42.2 Å². The molecule has 0 aliphatic rings. The van der Waals surface area contributed by atoms with Crippen molar-refractivity contribution in [1.29, 1.82) is 0 Å². The summed E-state index contributed by atoms with van der Waals surface area (Å²) in [6, 6.07) is 6.66. The average Bonchev–Trinajstić information content (AvgIpc) is 2.84. The number of rotatable bonds is 5. The van der Waals surface area contributed by atoms with E-state index in [1.54, 1.807) is 35.1 Å². The molecule has 0 spiro atoms. The van der Waals surface area contributed by atoms with E-state index in [9.17, 15) is 9.59 Å². The van der Waals surface area contributed by atoms with Gasteiger partial charge in [0.15, 0.2) is 0 Å². The first kappa shape index (κ1) is 14.8. The number of benzene rings is 1. The molecule has 0 radical (unpaired) electrons. The predicted molar refractivity (Wildman–Crippen MR) is 77.9 cm³/mol. The molecule has 0 atom stereocenters. The van der Waals surface area contributed by atoms with Crippen LogP contribution in [0.1, 0.15) is 18.9 Å². The van der Waals surface area contributed by atoms with Gasteiger partial charge in [0.05, 0.1) is 12.6 Å². The minimum atomic E-state index is -0.300. The number of anilines is 1. The smallest absolute Gasteiger partial charge is 0.311 e. The Labute approximate surface area is 122 Å². The van der Waals surface area contributed by atoms with Crippen molar-refractivity contribution < 1.29 is 14.3 Å². The van der Waals surface area contributed by atoms with Crippen LogP contribution in [0.25, 0.3) is 0 Å². The Morgan fingerprint density at radius 3 is 2.57 bits per heavy atom. The second-order valence-electron chi connectivity index (χ2n) is 4.70.